The highest BCUT2D eigenvalue weighted by Gasteiger charge is 2.13. The van der Waals surface area contributed by atoms with Gasteiger partial charge in [0.05, 0.1) is 0 Å². The number of aromatic amines is 1. The first kappa shape index (κ1) is 14.9. The fraction of sp³-hybridized carbons (Fsp3) is 0.533. The molecule has 2 aromatic heterocycles. The molecule has 0 saturated heterocycles. The molecule has 20 heavy (non-hydrogen) atoms. The maximum Gasteiger partial charge on any atom is 0.195 e. The van der Waals surface area contributed by atoms with E-state index in [1.165, 1.54) is 0 Å². The Bertz CT molecular complexity index is 640. The zero-order valence-corrected chi connectivity index (χ0v) is 13.4. The summed E-state index contributed by atoms with van der Waals surface area (Å²) in [6, 6.07) is 4.18. The van der Waals surface area contributed by atoms with E-state index in [0.717, 1.165) is 42.2 Å². The molecule has 0 aliphatic rings. The number of unbranched alkanes of at least 4 members (excludes halogenated alkanes) is 1. The number of nitrogens with one attached hydrogen (secondary N) is 1. The average Bonchev–Trinajstić information content (AvgIpc) is 2.77. The molecule has 0 saturated carbocycles. The molecule has 108 valence electrons. The average molecular weight is 290 g/mol. The second-order valence-electron chi connectivity index (χ2n) is 5.38. The van der Waals surface area contributed by atoms with E-state index in [-0.39, 0.29) is 0 Å². The largest absolute Gasteiger partial charge is 0.300 e. The molecular weight excluding hydrogens is 268 g/mol. The SMILES string of the molecule is CCCCn1c(-c2ccc(C(C)C)nc2C)n[nH]c1=S. The molecule has 0 aliphatic heterocycles. The van der Waals surface area contributed by atoms with Gasteiger partial charge in [0.2, 0.25) is 0 Å². The Kier molecular flexibility index (Phi) is 4.70. The maximum absolute atomic E-state index is 5.32. The standard InChI is InChI=1S/C15H22N4S/c1-5-6-9-19-14(17-18-15(19)20)12-7-8-13(10(2)3)16-11(12)4/h7-8,10H,5-6,9H2,1-4H3,(H,18,20). The van der Waals surface area contributed by atoms with Crippen LogP contribution >= 0.6 is 12.2 Å². The minimum Gasteiger partial charge on any atom is -0.300 e. The molecule has 2 aromatic rings. The number of hydrogen-bond acceptors (Lipinski definition) is 3. The molecule has 5 heteroatoms. The van der Waals surface area contributed by atoms with Crippen LogP contribution in [0.15, 0.2) is 12.1 Å². The predicted molar refractivity (Wildman–Crippen MR) is 84.4 cm³/mol. The molecule has 1 N–H and O–H groups in total. The van der Waals surface area contributed by atoms with E-state index in [0.29, 0.717) is 10.7 Å². The second kappa shape index (κ2) is 6.31. The van der Waals surface area contributed by atoms with Crippen LogP contribution in [0.3, 0.4) is 0 Å². The summed E-state index contributed by atoms with van der Waals surface area (Å²) in [6.07, 6.45) is 2.23. The number of H-pyrrole nitrogens is 1. The van der Waals surface area contributed by atoms with Crippen molar-refractivity contribution in [3.63, 3.8) is 0 Å². The fourth-order valence-corrected chi connectivity index (χ4v) is 2.41. The van der Waals surface area contributed by atoms with Gasteiger partial charge in [-0.1, -0.05) is 27.2 Å². The van der Waals surface area contributed by atoms with Crippen LogP contribution in [0.5, 0.6) is 0 Å². The van der Waals surface area contributed by atoms with Crippen LogP contribution in [-0.2, 0) is 6.54 Å². The minimum atomic E-state index is 0.434. The number of nitrogens with zero attached hydrogens (tertiary/aromatic N) is 3. The summed E-state index contributed by atoms with van der Waals surface area (Å²) in [7, 11) is 0. The molecule has 2 heterocycles. The molecule has 0 radical (unpaired) electrons. The first-order valence-electron chi connectivity index (χ1n) is 7.17. The van der Waals surface area contributed by atoms with Crippen LogP contribution in [0, 0.1) is 11.7 Å². The summed E-state index contributed by atoms with van der Waals surface area (Å²) in [5.41, 5.74) is 3.17. The fourth-order valence-electron chi connectivity index (χ4n) is 2.19. The lowest BCUT2D eigenvalue weighted by Crippen LogP contribution is -2.03. The summed E-state index contributed by atoms with van der Waals surface area (Å²) < 4.78 is 2.75. The Morgan fingerprint density at radius 3 is 2.70 bits per heavy atom. The van der Waals surface area contributed by atoms with E-state index in [9.17, 15) is 0 Å². The van der Waals surface area contributed by atoms with E-state index in [4.69, 9.17) is 12.2 Å². The molecule has 0 amide bonds. The molecule has 0 aromatic carbocycles. The summed E-state index contributed by atoms with van der Waals surface area (Å²) in [6.45, 7) is 9.40. The van der Waals surface area contributed by atoms with Gasteiger partial charge in [-0.25, -0.2) is 0 Å². The van der Waals surface area contributed by atoms with E-state index >= 15 is 0 Å². The Balaban J connectivity index is 2.44. The third-order valence-electron chi connectivity index (χ3n) is 3.43. The summed E-state index contributed by atoms with van der Waals surface area (Å²) in [5.74, 6) is 1.33. The number of aryl methyl sites for hydroxylation is 1. The quantitative estimate of drug-likeness (QED) is 0.838. The molecule has 4 nitrogen and oxygen atoms in total. The van der Waals surface area contributed by atoms with Gasteiger partial charge in [0.1, 0.15) is 0 Å². The zero-order chi connectivity index (χ0) is 14.7. The number of rotatable bonds is 5. The molecule has 0 spiro atoms. The van der Waals surface area contributed by atoms with Gasteiger partial charge < -0.3 is 4.57 Å². The summed E-state index contributed by atoms with van der Waals surface area (Å²) in [5, 5.41) is 7.28. The van der Waals surface area contributed by atoms with E-state index in [1.807, 2.05) is 6.92 Å². The normalized spacial score (nSPS) is 11.2. The van der Waals surface area contributed by atoms with E-state index in [1.54, 1.807) is 0 Å². The predicted octanol–water partition coefficient (Wildman–Crippen LogP) is 4.23. The topological polar surface area (TPSA) is 46.5 Å². The van der Waals surface area contributed by atoms with Crippen LogP contribution in [0.25, 0.3) is 11.4 Å². The van der Waals surface area contributed by atoms with E-state index < -0.39 is 0 Å². The third kappa shape index (κ3) is 2.98. The van der Waals surface area contributed by atoms with Crippen LogP contribution < -0.4 is 0 Å². The van der Waals surface area contributed by atoms with Gasteiger partial charge in [-0.05, 0) is 43.6 Å². The first-order valence-corrected chi connectivity index (χ1v) is 7.58. The van der Waals surface area contributed by atoms with Gasteiger partial charge in [0, 0.05) is 23.5 Å². The highest BCUT2D eigenvalue weighted by molar-refractivity contribution is 7.71. The van der Waals surface area contributed by atoms with Crippen molar-refractivity contribution in [2.24, 2.45) is 0 Å². The molecule has 0 bridgehead atoms. The summed E-state index contributed by atoms with van der Waals surface area (Å²) >= 11 is 5.32. The Hall–Kier alpha value is -1.49. The van der Waals surface area contributed by atoms with Gasteiger partial charge >= 0.3 is 0 Å². The van der Waals surface area contributed by atoms with Crippen LogP contribution in [-0.4, -0.2) is 19.7 Å². The smallest absolute Gasteiger partial charge is 0.195 e. The summed E-state index contributed by atoms with van der Waals surface area (Å²) in [4.78, 5) is 4.68. The van der Waals surface area contributed by atoms with Gasteiger partial charge in [-0.15, -0.1) is 0 Å². The Morgan fingerprint density at radius 2 is 2.10 bits per heavy atom. The maximum atomic E-state index is 5.32. The van der Waals surface area contributed by atoms with Gasteiger partial charge in [-0.3, -0.25) is 10.1 Å². The van der Waals surface area contributed by atoms with E-state index in [2.05, 4.69) is 52.7 Å². The zero-order valence-electron chi connectivity index (χ0n) is 12.6. The van der Waals surface area contributed by atoms with Crippen LogP contribution in [0.2, 0.25) is 0 Å². The lowest BCUT2D eigenvalue weighted by molar-refractivity contribution is 0.628. The minimum absolute atomic E-state index is 0.434. The second-order valence-corrected chi connectivity index (χ2v) is 5.77. The highest BCUT2D eigenvalue weighted by Crippen LogP contribution is 2.23. The molecule has 0 unspecified atom stereocenters. The van der Waals surface area contributed by atoms with Crippen LogP contribution in [0.1, 0.15) is 50.9 Å². The Labute approximate surface area is 125 Å². The van der Waals surface area contributed by atoms with Gasteiger partial charge in [-0.2, -0.15) is 5.10 Å². The van der Waals surface area contributed by atoms with Crippen molar-refractivity contribution in [2.45, 2.75) is 53.0 Å². The van der Waals surface area contributed by atoms with Crippen molar-refractivity contribution in [3.05, 3.63) is 28.3 Å². The van der Waals surface area contributed by atoms with Crippen molar-refractivity contribution in [3.8, 4) is 11.4 Å². The van der Waals surface area contributed by atoms with Crippen molar-refractivity contribution < 1.29 is 0 Å². The van der Waals surface area contributed by atoms with Crippen molar-refractivity contribution in [1.29, 1.82) is 0 Å². The lowest BCUT2D eigenvalue weighted by atomic mass is 10.1. The number of hydrogen-bond donors (Lipinski definition) is 1. The lowest BCUT2D eigenvalue weighted by Gasteiger charge is -2.11. The van der Waals surface area contributed by atoms with Crippen molar-refractivity contribution >= 4 is 12.2 Å². The van der Waals surface area contributed by atoms with Gasteiger partial charge in [0.25, 0.3) is 0 Å². The third-order valence-corrected chi connectivity index (χ3v) is 3.75. The molecular formula is C15H22N4S. The van der Waals surface area contributed by atoms with Gasteiger partial charge in [0.15, 0.2) is 10.6 Å². The number of pyridine rings is 1. The highest BCUT2D eigenvalue weighted by atomic mass is 32.1. The van der Waals surface area contributed by atoms with Crippen molar-refractivity contribution in [2.75, 3.05) is 0 Å². The molecule has 0 fully saturated rings. The van der Waals surface area contributed by atoms with Crippen molar-refractivity contribution in [1.82, 2.24) is 19.7 Å². The molecule has 0 aliphatic carbocycles. The Morgan fingerprint density at radius 1 is 1.35 bits per heavy atom. The molecule has 0 atom stereocenters. The van der Waals surface area contributed by atoms with Crippen LogP contribution in [0.4, 0.5) is 0 Å². The first-order chi connectivity index (χ1) is 9.54. The molecule has 2 rings (SSSR count). The monoisotopic (exact) mass is 290 g/mol. The number of aromatic nitrogens is 4.